The fraction of sp³-hybridized carbons (Fsp3) is 1.00. The predicted molar refractivity (Wildman–Crippen MR) is 41.8 cm³/mol. The predicted octanol–water partition coefficient (Wildman–Crippen LogP) is -0.504. The maximum absolute atomic E-state index is 10.9. The topological polar surface area (TPSA) is 69.4 Å². The van der Waals surface area contributed by atoms with Gasteiger partial charge in [0, 0.05) is 20.0 Å². The summed E-state index contributed by atoms with van der Waals surface area (Å²) < 4.78 is 26.9. The van der Waals surface area contributed by atoms with Crippen molar-refractivity contribution in [3.63, 3.8) is 0 Å². The van der Waals surface area contributed by atoms with E-state index in [-0.39, 0.29) is 11.5 Å². The number of nitrogens with two attached hydrogens (primary N) is 1. The Balaban J connectivity index is 2.62. The van der Waals surface area contributed by atoms with Crippen LogP contribution in [0, 0.1) is 0 Å². The molecule has 1 heterocycles. The SMILES string of the molecule is COC1(N)CCS(=O)(=O)CC1. The van der Waals surface area contributed by atoms with Crippen molar-refractivity contribution in [1.29, 1.82) is 0 Å². The molecule has 0 amide bonds. The van der Waals surface area contributed by atoms with Crippen LogP contribution in [0.5, 0.6) is 0 Å². The third-order valence-corrected chi connectivity index (χ3v) is 3.73. The molecule has 0 spiro atoms. The highest BCUT2D eigenvalue weighted by molar-refractivity contribution is 7.91. The van der Waals surface area contributed by atoms with Gasteiger partial charge in [0.25, 0.3) is 0 Å². The lowest BCUT2D eigenvalue weighted by Crippen LogP contribution is -2.48. The zero-order chi connectivity index (χ0) is 8.54. The zero-order valence-corrected chi connectivity index (χ0v) is 7.36. The fourth-order valence-electron chi connectivity index (χ4n) is 1.09. The van der Waals surface area contributed by atoms with Crippen LogP contribution in [-0.4, -0.2) is 32.8 Å². The van der Waals surface area contributed by atoms with Crippen LogP contribution >= 0.6 is 0 Å². The monoisotopic (exact) mass is 179 g/mol. The van der Waals surface area contributed by atoms with Crippen LogP contribution in [0.3, 0.4) is 0 Å². The lowest BCUT2D eigenvalue weighted by molar-refractivity contribution is -0.0127. The summed E-state index contributed by atoms with van der Waals surface area (Å²) in [5.74, 6) is 0.300. The summed E-state index contributed by atoms with van der Waals surface area (Å²) in [5.41, 5.74) is 4.99. The summed E-state index contributed by atoms with van der Waals surface area (Å²) in [5, 5.41) is 0. The van der Waals surface area contributed by atoms with Crippen molar-refractivity contribution < 1.29 is 13.2 Å². The molecule has 0 atom stereocenters. The maximum Gasteiger partial charge on any atom is 0.150 e. The molecule has 1 saturated heterocycles. The molecule has 4 nitrogen and oxygen atoms in total. The number of ether oxygens (including phenoxy) is 1. The third-order valence-electron chi connectivity index (χ3n) is 2.08. The Labute approximate surface area is 66.6 Å². The highest BCUT2D eigenvalue weighted by Crippen LogP contribution is 2.21. The van der Waals surface area contributed by atoms with E-state index < -0.39 is 15.6 Å². The van der Waals surface area contributed by atoms with Crippen molar-refractivity contribution in [3.05, 3.63) is 0 Å². The summed E-state index contributed by atoms with van der Waals surface area (Å²) >= 11 is 0. The van der Waals surface area contributed by atoms with E-state index in [0.29, 0.717) is 12.8 Å². The molecule has 1 rings (SSSR count). The minimum Gasteiger partial charge on any atom is -0.364 e. The van der Waals surface area contributed by atoms with E-state index in [1.54, 1.807) is 0 Å². The molecule has 0 aromatic heterocycles. The Kier molecular flexibility index (Phi) is 2.22. The molecule has 0 aliphatic carbocycles. The molecule has 0 bridgehead atoms. The Bertz CT molecular complexity index is 220. The van der Waals surface area contributed by atoms with Crippen LogP contribution in [0.2, 0.25) is 0 Å². The fourth-order valence-corrected chi connectivity index (χ4v) is 2.60. The smallest absolute Gasteiger partial charge is 0.150 e. The van der Waals surface area contributed by atoms with Crippen LogP contribution < -0.4 is 5.73 Å². The van der Waals surface area contributed by atoms with Gasteiger partial charge in [-0.05, 0) is 0 Å². The quantitative estimate of drug-likeness (QED) is 0.551. The highest BCUT2D eigenvalue weighted by Gasteiger charge is 2.33. The molecule has 5 heteroatoms. The van der Waals surface area contributed by atoms with Crippen molar-refractivity contribution in [1.82, 2.24) is 0 Å². The van der Waals surface area contributed by atoms with E-state index in [4.69, 9.17) is 10.5 Å². The van der Waals surface area contributed by atoms with Crippen LogP contribution in [0.4, 0.5) is 0 Å². The Morgan fingerprint density at radius 1 is 1.36 bits per heavy atom. The first-order valence-electron chi connectivity index (χ1n) is 3.52. The number of sulfone groups is 1. The van der Waals surface area contributed by atoms with Gasteiger partial charge in [-0.1, -0.05) is 0 Å². The van der Waals surface area contributed by atoms with Gasteiger partial charge < -0.3 is 10.5 Å². The Hall–Kier alpha value is -0.130. The molecular weight excluding hydrogens is 166 g/mol. The van der Waals surface area contributed by atoms with Gasteiger partial charge in [-0.25, -0.2) is 8.42 Å². The number of hydrogen-bond donors (Lipinski definition) is 1. The second-order valence-corrected chi connectivity index (χ2v) is 5.22. The van der Waals surface area contributed by atoms with E-state index >= 15 is 0 Å². The average molecular weight is 179 g/mol. The summed E-state index contributed by atoms with van der Waals surface area (Å²) in [6.07, 6.45) is 0.817. The lowest BCUT2D eigenvalue weighted by atomic mass is 10.1. The molecule has 11 heavy (non-hydrogen) atoms. The van der Waals surface area contributed by atoms with Crippen LogP contribution in [0.1, 0.15) is 12.8 Å². The van der Waals surface area contributed by atoms with E-state index in [9.17, 15) is 8.42 Å². The second kappa shape index (κ2) is 2.73. The normalized spacial score (nSPS) is 28.2. The van der Waals surface area contributed by atoms with Crippen LogP contribution in [0.25, 0.3) is 0 Å². The summed E-state index contributed by atoms with van der Waals surface area (Å²) in [7, 11) is -1.31. The highest BCUT2D eigenvalue weighted by atomic mass is 32.2. The first-order chi connectivity index (χ1) is 4.97. The molecule has 1 aliphatic heterocycles. The Morgan fingerprint density at radius 3 is 2.18 bits per heavy atom. The number of rotatable bonds is 1. The molecule has 1 fully saturated rings. The Morgan fingerprint density at radius 2 is 1.82 bits per heavy atom. The molecule has 0 unspecified atom stereocenters. The van der Waals surface area contributed by atoms with Crippen molar-refractivity contribution in [2.45, 2.75) is 18.6 Å². The second-order valence-electron chi connectivity index (χ2n) is 2.92. The first-order valence-corrected chi connectivity index (χ1v) is 5.34. The number of hydrogen-bond acceptors (Lipinski definition) is 4. The molecule has 2 N–H and O–H groups in total. The van der Waals surface area contributed by atoms with Crippen LogP contribution in [0.15, 0.2) is 0 Å². The van der Waals surface area contributed by atoms with Gasteiger partial charge in [0.05, 0.1) is 11.5 Å². The third kappa shape index (κ3) is 2.15. The molecular formula is C6H13NO3S. The maximum atomic E-state index is 10.9. The average Bonchev–Trinajstić information content (AvgIpc) is 1.97. The minimum absolute atomic E-state index is 0.150. The van der Waals surface area contributed by atoms with E-state index in [1.807, 2.05) is 0 Å². The van der Waals surface area contributed by atoms with Crippen molar-refractivity contribution in [2.75, 3.05) is 18.6 Å². The zero-order valence-electron chi connectivity index (χ0n) is 6.54. The molecule has 0 saturated carbocycles. The summed E-state index contributed by atoms with van der Waals surface area (Å²) in [6, 6.07) is 0. The van der Waals surface area contributed by atoms with Gasteiger partial charge in [0.1, 0.15) is 5.72 Å². The lowest BCUT2D eigenvalue weighted by Gasteiger charge is -2.31. The van der Waals surface area contributed by atoms with Crippen molar-refractivity contribution in [3.8, 4) is 0 Å². The van der Waals surface area contributed by atoms with E-state index in [0.717, 1.165) is 0 Å². The standard InChI is InChI=1S/C6H13NO3S/c1-10-6(7)2-4-11(8,9)5-3-6/h2-5,7H2,1H3. The number of methoxy groups -OCH3 is 1. The van der Waals surface area contributed by atoms with Gasteiger partial charge in [-0.15, -0.1) is 0 Å². The van der Waals surface area contributed by atoms with E-state index in [2.05, 4.69) is 0 Å². The largest absolute Gasteiger partial charge is 0.364 e. The van der Waals surface area contributed by atoms with E-state index in [1.165, 1.54) is 7.11 Å². The van der Waals surface area contributed by atoms with Gasteiger partial charge >= 0.3 is 0 Å². The van der Waals surface area contributed by atoms with Gasteiger partial charge in [-0.2, -0.15) is 0 Å². The molecule has 0 radical (unpaired) electrons. The van der Waals surface area contributed by atoms with Gasteiger partial charge in [0.15, 0.2) is 9.84 Å². The molecule has 0 aromatic carbocycles. The van der Waals surface area contributed by atoms with Crippen LogP contribution in [-0.2, 0) is 14.6 Å². The molecule has 0 aromatic rings. The molecule has 66 valence electrons. The van der Waals surface area contributed by atoms with Crippen molar-refractivity contribution in [2.24, 2.45) is 5.73 Å². The van der Waals surface area contributed by atoms with Gasteiger partial charge in [-0.3, -0.25) is 0 Å². The molecule has 1 aliphatic rings. The first kappa shape index (κ1) is 8.96. The summed E-state index contributed by atoms with van der Waals surface area (Å²) in [4.78, 5) is 0. The van der Waals surface area contributed by atoms with Gasteiger partial charge in [0.2, 0.25) is 0 Å². The minimum atomic E-state index is -2.82. The summed E-state index contributed by atoms with van der Waals surface area (Å²) in [6.45, 7) is 0. The van der Waals surface area contributed by atoms with Crippen molar-refractivity contribution >= 4 is 9.84 Å².